The highest BCUT2D eigenvalue weighted by Gasteiger charge is 2.07. The third-order valence-electron chi connectivity index (χ3n) is 2.32. The van der Waals surface area contributed by atoms with Crippen LogP contribution in [0.1, 0.15) is 43.5 Å². The molecule has 0 N–H and O–H groups in total. The Balaban J connectivity index is 2.60. The van der Waals surface area contributed by atoms with Crippen LogP contribution >= 0.6 is 11.6 Å². The van der Waals surface area contributed by atoms with Gasteiger partial charge in [-0.3, -0.25) is 4.79 Å². The molecule has 0 aliphatic heterocycles. The van der Waals surface area contributed by atoms with Crippen LogP contribution in [0.5, 0.6) is 5.75 Å². The molecule has 0 bridgehead atoms. The number of benzene rings is 1. The van der Waals surface area contributed by atoms with Crippen LogP contribution in [0, 0.1) is 0 Å². The number of hydrogen-bond acceptors (Lipinski definition) is 2. The van der Waals surface area contributed by atoms with Gasteiger partial charge in [-0.15, -0.1) is 11.6 Å². The third-order valence-corrected chi connectivity index (χ3v) is 2.58. The molecule has 0 heterocycles. The Kier molecular flexibility index (Phi) is 6.06. The van der Waals surface area contributed by atoms with Crippen LogP contribution < -0.4 is 4.74 Å². The van der Waals surface area contributed by atoms with Crippen molar-refractivity contribution >= 4 is 17.4 Å². The van der Waals surface area contributed by atoms with Crippen LogP contribution in [-0.2, 0) is 0 Å². The van der Waals surface area contributed by atoms with Gasteiger partial charge in [0.1, 0.15) is 5.75 Å². The first-order chi connectivity index (χ1) is 8.13. The first-order valence-electron chi connectivity index (χ1n) is 5.99. The van der Waals surface area contributed by atoms with Crippen LogP contribution in [0.2, 0.25) is 0 Å². The fraction of sp³-hybridized carbons (Fsp3) is 0.500. The molecule has 17 heavy (non-hydrogen) atoms. The second-order valence-electron chi connectivity index (χ2n) is 4.26. The number of rotatable bonds is 7. The maximum atomic E-state index is 11.9. The summed E-state index contributed by atoms with van der Waals surface area (Å²) in [4.78, 5) is 11.9. The van der Waals surface area contributed by atoms with Crippen LogP contribution in [0.4, 0.5) is 0 Å². The first-order valence-corrected chi connectivity index (χ1v) is 6.53. The van der Waals surface area contributed by atoms with Crippen molar-refractivity contribution in [2.24, 2.45) is 0 Å². The molecule has 0 unspecified atom stereocenters. The van der Waals surface area contributed by atoms with Crippen molar-refractivity contribution in [3.05, 3.63) is 29.8 Å². The Morgan fingerprint density at radius 1 is 1.35 bits per heavy atom. The highest BCUT2D eigenvalue weighted by Crippen LogP contribution is 2.17. The summed E-state index contributed by atoms with van der Waals surface area (Å²) < 4.78 is 5.56. The molecule has 1 rings (SSSR count). The molecule has 0 atom stereocenters. The molecule has 0 saturated heterocycles. The van der Waals surface area contributed by atoms with Crippen molar-refractivity contribution in [2.75, 3.05) is 5.88 Å². The Morgan fingerprint density at radius 2 is 2.12 bits per heavy atom. The number of carbonyl (C=O) groups is 1. The maximum absolute atomic E-state index is 11.9. The van der Waals surface area contributed by atoms with Gasteiger partial charge in [0.15, 0.2) is 5.78 Å². The third kappa shape index (κ3) is 5.22. The van der Waals surface area contributed by atoms with E-state index in [0.29, 0.717) is 12.3 Å². The molecule has 0 saturated carbocycles. The van der Waals surface area contributed by atoms with E-state index < -0.39 is 0 Å². The van der Waals surface area contributed by atoms with Gasteiger partial charge in [-0.25, -0.2) is 0 Å². The van der Waals surface area contributed by atoms with Crippen molar-refractivity contribution in [2.45, 2.75) is 39.2 Å². The van der Waals surface area contributed by atoms with Gasteiger partial charge in [-0.2, -0.15) is 0 Å². The van der Waals surface area contributed by atoms with Gasteiger partial charge in [-0.05, 0) is 38.8 Å². The Bertz CT molecular complexity index is 361. The first kappa shape index (κ1) is 14.0. The zero-order valence-electron chi connectivity index (χ0n) is 10.4. The Labute approximate surface area is 108 Å². The number of carbonyl (C=O) groups excluding carboxylic acids is 1. The Morgan fingerprint density at radius 3 is 2.76 bits per heavy atom. The molecule has 3 heteroatoms. The van der Waals surface area contributed by atoms with E-state index >= 15 is 0 Å². The number of ether oxygens (including phenoxy) is 1. The minimum absolute atomic E-state index is 0.122. The molecule has 1 aromatic carbocycles. The lowest BCUT2D eigenvalue weighted by Gasteiger charge is -2.10. The van der Waals surface area contributed by atoms with E-state index in [-0.39, 0.29) is 11.9 Å². The molecule has 0 aliphatic rings. The summed E-state index contributed by atoms with van der Waals surface area (Å²) in [5.41, 5.74) is 0.720. The van der Waals surface area contributed by atoms with E-state index in [1.807, 2.05) is 38.1 Å². The number of ketones is 1. The van der Waals surface area contributed by atoms with E-state index in [1.54, 1.807) is 0 Å². The summed E-state index contributed by atoms with van der Waals surface area (Å²) in [6.45, 7) is 3.93. The predicted molar refractivity (Wildman–Crippen MR) is 71.1 cm³/mol. The normalized spacial score (nSPS) is 10.6. The van der Waals surface area contributed by atoms with Gasteiger partial charge in [0.05, 0.1) is 6.10 Å². The molecule has 0 radical (unpaired) electrons. The summed E-state index contributed by atoms with van der Waals surface area (Å²) in [5, 5.41) is 0. The van der Waals surface area contributed by atoms with Crippen LogP contribution in [-0.4, -0.2) is 17.8 Å². The van der Waals surface area contributed by atoms with Crippen molar-refractivity contribution in [1.82, 2.24) is 0 Å². The van der Waals surface area contributed by atoms with Gasteiger partial charge in [0, 0.05) is 17.9 Å². The smallest absolute Gasteiger partial charge is 0.163 e. The van der Waals surface area contributed by atoms with E-state index in [2.05, 4.69) is 0 Å². The fourth-order valence-corrected chi connectivity index (χ4v) is 1.73. The second kappa shape index (κ2) is 7.33. The zero-order valence-corrected chi connectivity index (χ0v) is 11.2. The topological polar surface area (TPSA) is 26.3 Å². The van der Waals surface area contributed by atoms with Crippen molar-refractivity contribution in [1.29, 1.82) is 0 Å². The number of halogens is 1. The lowest BCUT2D eigenvalue weighted by atomic mass is 10.1. The van der Waals surface area contributed by atoms with Crippen LogP contribution in [0.25, 0.3) is 0 Å². The molecule has 2 nitrogen and oxygen atoms in total. The summed E-state index contributed by atoms with van der Waals surface area (Å²) in [6, 6.07) is 7.36. The number of hydrogen-bond donors (Lipinski definition) is 0. The van der Waals surface area contributed by atoms with Crippen LogP contribution in [0.3, 0.4) is 0 Å². The molecule has 0 fully saturated rings. The van der Waals surface area contributed by atoms with E-state index in [0.717, 1.165) is 24.2 Å². The van der Waals surface area contributed by atoms with E-state index in [4.69, 9.17) is 16.3 Å². The fourth-order valence-electron chi connectivity index (χ4n) is 1.54. The maximum Gasteiger partial charge on any atom is 0.163 e. The molecule has 0 amide bonds. The highest BCUT2D eigenvalue weighted by molar-refractivity contribution is 6.17. The number of unbranched alkanes of at least 4 members (excludes halogenated alkanes) is 1. The van der Waals surface area contributed by atoms with Crippen LogP contribution in [0.15, 0.2) is 24.3 Å². The lowest BCUT2D eigenvalue weighted by Crippen LogP contribution is -2.06. The molecule has 0 spiro atoms. The van der Waals surface area contributed by atoms with Gasteiger partial charge in [0.2, 0.25) is 0 Å². The molecule has 0 aliphatic carbocycles. The van der Waals surface area contributed by atoms with E-state index in [1.165, 1.54) is 0 Å². The number of Topliss-reactive ketones (excluding diaryl/α,β-unsaturated/α-hetero) is 1. The second-order valence-corrected chi connectivity index (χ2v) is 4.64. The largest absolute Gasteiger partial charge is 0.491 e. The molecular formula is C14H19ClO2. The molecule has 1 aromatic rings. The molecular weight excluding hydrogens is 236 g/mol. The Hall–Kier alpha value is -1.02. The van der Waals surface area contributed by atoms with Gasteiger partial charge in [0.25, 0.3) is 0 Å². The average molecular weight is 255 g/mol. The number of alkyl halides is 1. The molecule has 0 aromatic heterocycles. The lowest BCUT2D eigenvalue weighted by molar-refractivity contribution is 0.0979. The van der Waals surface area contributed by atoms with Gasteiger partial charge in [-0.1, -0.05) is 12.1 Å². The van der Waals surface area contributed by atoms with Crippen molar-refractivity contribution < 1.29 is 9.53 Å². The SMILES string of the molecule is CC(C)Oc1cccc(C(=O)CCCCCl)c1. The monoisotopic (exact) mass is 254 g/mol. The minimum Gasteiger partial charge on any atom is -0.491 e. The zero-order chi connectivity index (χ0) is 12.7. The van der Waals surface area contributed by atoms with E-state index in [9.17, 15) is 4.79 Å². The average Bonchev–Trinajstić information content (AvgIpc) is 2.28. The summed E-state index contributed by atoms with van der Waals surface area (Å²) in [6.07, 6.45) is 2.40. The summed E-state index contributed by atoms with van der Waals surface area (Å²) >= 11 is 5.58. The van der Waals surface area contributed by atoms with Gasteiger partial charge < -0.3 is 4.74 Å². The summed E-state index contributed by atoms with van der Waals surface area (Å²) in [7, 11) is 0. The standard InChI is InChI=1S/C14H19ClO2/c1-11(2)17-13-7-5-6-12(10-13)14(16)8-3-4-9-15/h5-7,10-11H,3-4,8-9H2,1-2H3. The minimum atomic E-state index is 0.122. The predicted octanol–water partition coefficient (Wildman–Crippen LogP) is 4.07. The molecule has 94 valence electrons. The van der Waals surface area contributed by atoms with Crippen molar-refractivity contribution in [3.63, 3.8) is 0 Å². The quantitative estimate of drug-likeness (QED) is 0.417. The van der Waals surface area contributed by atoms with Gasteiger partial charge >= 0.3 is 0 Å². The van der Waals surface area contributed by atoms with Crippen molar-refractivity contribution in [3.8, 4) is 5.75 Å². The highest BCUT2D eigenvalue weighted by atomic mass is 35.5. The summed E-state index contributed by atoms with van der Waals surface area (Å²) in [5.74, 6) is 1.52.